The molecule has 0 bridgehead atoms. The van der Waals surface area contributed by atoms with Crippen LogP contribution in [-0.4, -0.2) is 114 Å². The van der Waals surface area contributed by atoms with E-state index < -0.39 is 48.3 Å². The van der Waals surface area contributed by atoms with Crippen LogP contribution in [0.1, 0.15) is 51.4 Å². The monoisotopic (exact) mass is 556 g/mol. The minimum atomic E-state index is -2.27. The highest BCUT2D eigenvalue weighted by molar-refractivity contribution is 5.83. The number of unbranched alkanes of at least 4 members (excludes halogenated alkanes) is 7. The van der Waals surface area contributed by atoms with Crippen molar-refractivity contribution in [3.05, 3.63) is 0 Å². The molecule has 0 aliphatic heterocycles. The standard InChI is InChI=1S/C12H28N6.2C4H6O6/c13-11(14)17-9-7-5-3-1-2-4-6-8-10-18-12(15)16;2*5-1(3(7)8)2(6)4(9)10/h1-10H2,(H4,13,14,17)(H4,15,16,18);2*1-2,5-6H,(H,7,8)(H,9,10). The summed E-state index contributed by atoms with van der Waals surface area (Å²) in [6.45, 7) is 1.56. The summed E-state index contributed by atoms with van der Waals surface area (Å²) >= 11 is 0. The van der Waals surface area contributed by atoms with Crippen LogP contribution < -0.4 is 22.5 Å². The van der Waals surface area contributed by atoms with E-state index in [1.165, 1.54) is 38.5 Å². The molecule has 0 saturated carbocycles. The Morgan fingerprint density at radius 3 is 1.16 bits per heavy atom. The number of aliphatic carboxylic acids is 4. The van der Waals surface area contributed by atoms with E-state index in [0.717, 1.165) is 25.9 Å². The molecule has 0 heterocycles. The molecule has 0 radical (unpaired) electrons. The van der Waals surface area contributed by atoms with E-state index in [2.05, 4.69) is 10.3 Å². The number of carboxylic acids is 4. The molecule has 18 nitrogen and oxygen atoms in total. The third kappa shape index (κ3) is 25.4. The van der Waals surface area contributed by atoms with Gasteiger partial charge in [-0.1, -0.05) is 38.5 Å². The zero-order valence-corrected chi connectivity index (χ0v) is 20.8. The van der Waals surface area contributed by atoms with Crippen LogP contribution in [-0.2, 0) is 19.2 Å². The van der Waals surface area contributed by atoms with Crippen LogP contribution in [0.2, 0.25) is 0 Å². The van der Waals surface area contributed by atoms with Gasteiger partial charge in [0.25, 0.3) is 0 Å². The van der Waals surface area contributed by atoms with Gasteiger partial charge in [0.1, 0.15) is 0 Å². The second kappa shape index (κ2) is 23.6. The molecule has 0 aliphatic rings. The molecule has 222 valence electrons. The predicted octanol–water partition coefficient (Wildman–Crippen LogP) is -3.38. The maximum atomic E-state index is 9.77. The SMILES string of the molecule is N=C(N)NCCCCCCCCCCN=C(N)N.O=C(O)C(O)C(O)C(=O)O.O=C(O)C(O)C(O)C(=O)O. The highest BCUT2D eigenvalue weighted by Crippen LogP contribution is 2.08. The average Bonchev–Trinajstić information content (AvgIpc) is 2.82. The summed E-state index contributed by atoms with van der Waals surface area (Å²) in [5.74, 6) is -6.82. The zero-order valence-electron chi connectivity index (χ0n) is 20.8. The van der Waals surface area contributed by atoms with E-state index in [1.807, 2.05) is 0 Å². The number of hydrogen-bond donors (Lipinski definition) is 13. The van der Waals surface area contributed by atoms with Gasteiger partial charge in [-0.15, -0.1) is 0 Å². The molecule has 0 fully saturated rings. The quantitative estimate of drug-likeness (QED) is 0.0471. The largest absolute Gasteiger partial charge is 0.479 e. The fraction of sp³-hybridized carbons (Fsp3) is 0.700. The van der Waals surface area contributed by atoms with Crippen LogP contribution in [0.4, 0.5) is 0 Å². The van der Waals surface area contributed by atoms with Gasteiger partial charge >= 0.3 is 23.9 Å². The molecule has 0 rings (SSSR count). The highest BCUT2D eigenvalue weighted by Gasteiger charge is 2.30. The van der Waals surface area contributed by atoms with Gasteiger partial charge in [-0.2, -0.15) is 0 Å². The number of hydrogen-bond acceptors (Lipinski definition) is 10. The second-order valence-electron chi connectivity index (χ2n) is 7.61. The smallest absolute Gasteiger partial charge is 0.335 e. The first-order valence-electron chi connectivity index (χ1n) is 11.3. The van der Waals surface area contributed by atoms with Crippen LogP contribution >= 0.6 is 0 Å². The lowest BCUT2D eigenvalue weighted by atomic mass is 10.1. The summed E-state index contributed by atoms with van der Waals surface area (Å²) in [6, 6.07) is 0. The van der Waals surface area contributed by atoms with E-state index in [9.17, 15) is 19.2 Å². The molecule has 0 aromatic heterocycles. The summed E-state index contributed by atoms with van der Waals surface area (Å²) in [4.78, 5) is 43.0. The Morgan fingerprint density at radius 1 is 0.605 bits per heavy atom. The summed E-state index contributed by atoms with van der Waals surface area (Å²) < 4.78 is 0. The average molecular weight is 557 g/mol. The molecule has 0 aliphatic carbocycles. The first-order chi connectivity index (χ1) is 17.6. The number of carbonyl (C=O) groups is 4. The maximum absolute atomic E-state index is 9.77. The third-order valence-corrected chi connectivity index (χ3v) is 4.30. The van der Waals surface area contributed by atoms with Crippen LogP contribution in [0, 0.1) is 5.41 Å². The lowest BCUT2D eigenvalue weighted by Gasteiger charge is -2.07. The van der Waals surface area contributed by atoms with Crippen molar-refractivity contribution < 1.29 is 60.0 Å². The van der Waals surface area contributed by atoms with Crippen molar-refractivity contribution >= 4 is 35.8 Å². The lowest BCUT2D eigenvalue weighted by molar-refractivity contribution is -0.165. The van der Waals surface area contributed by atoms with Gasteiger partial charge in [0, 0.05) is 13.1 Å². The van der Waals surface area contributed by atoms with Gasteiger partial charge in [-0.05, 0) is 12.8 Å². The van der Waals surface area contributed by atoms with Crippen LogP contribution in [0.25, 0.3) is 0 Å². The van der Waals surface area contributed by atoms with Crippen molar-refractivity contribution in [1.82, 2.24) is 5.32 Å². The minimum absolute atomic E-state index is 0.0655. The normalized spacial score (nSPS) is 13.1. The van der Waals surface area contributed by atoms with Gasteiger partial charge in [0.15, 0.2) is 36.3 Å². The van der Waals surface area contributed by atoms with E-state index in [4.69, 9.17) is 63.5 Å². The first kappa shape index (κ1) is 38.8. The van der Waals surface area contributed by atoms with Crippen LogP contribution in [0.5, 0.6) is 0 Å². The Morgan fingerprint density at radius 2 is 0.895 bits per heavy atom. The van der Waals surface area contributed by atoms with Gasteiger partial charge < -0.3 is 63.4 Å². The van der Waals surface area contributed by atoms with Crippen molar-refractivity contribution in [2.75, 3.05) is 13.1 Å². The number of nitrogens with one attached hydrogen (secondary N) is 2. The Labute approximate surface area is 218 Å². The topological polar surface area (TPSA) is 356 Å². The van der Waals surface area contributed by atoms with E-state index in [0.29, 0.717) is 0 Å². The van der Waals surface area contributed by atoms with Crippen LogP contribution in [0.15, 0.2) is 4.99 Å². The molecular formula is C20H40N6O12. The Kier molecular flexibility index (Phi) is 24.1. The van der Waals surface area contributed by atoms with Crippen molar-refractivity contribution in [2.24, 2.45) is 22.2 Å². The molecule has 38 heavy (non-hydrogen) atoms. The molecular weight excluding hydrogens is 516 g/mol. The summed E-state index contributed by atoms with van der Waals surface area (Å²) in [5.41, 5.74) is 15.6. The molecule has 0 saturated heterocycles. The fourth-order valence-corrected chi connectivity index (χ4v) is 2.27. The molecule has 0 spiro atoms. The van der Waals surface area contributed by atoms with E-state index >= 15 is 0 Å². The molecule has 18 heteroatoms. The summed E-state index contributed by atoms with van der Waals surface area (Å²) in [6.07, 6.45) is 0.565. The highest BCUT2D eigenvalue weighted by atomic mass is 16.4. The Bertz CT molecular complexity index is 676. The zero-order chi connectivity index (χ0) is 30.3. The van der Waals surface area contributed by atoms with E-state index in [1.54, 1.807) is 0 Å². The van der Waals surface area contributed by atoms with Gasteiger partial charge in [-0.25, -0.2) is 19.2 Å². The lowest BCUT2D eigenvalue weighted by Crippen LogP contribution is -2.39. The number of rotatable bonds is 17. The van der Waals surface area contributed by atoms with Gasteiger partial charge in [0.2, 0.25) is 0 Å². The number of carboxylic acid groups (broad SMARTS) is 4. The number of aliphatic hydroxyl groups is 4. The predicted molar refractivity (Wildman–Crippen MR) is 132 cm³/mol. The Hall–Kier alpha value is -3.74. The molecule has 0 aromatic carbocycles. The van der Waals surface area contributed by atoms with Crippen molar-refractivity contribution in [3.63, 3.8) is 0 Å². The van der Waals surface area contributed by atoms with Gasteiger partial charge in [0.05, 0.1) is 0 Å². The second-order valence-corrected chi connectivity index (χ2v) is 7.61. The van der Waals surface area contributed by atoms with E-state index in [-0.39, 0.29) is 11.9 Å². The number of nitrogens with two attached hydrogens (primary N) is 3. The molecule has 4 atom stereocenters. The summed E-state index contributed by atoms with van der Waals surface area (Å²) in [7, 11) is 0. The number of aliphatic imine (C=N–C) groups is 1. The van der Waals surface area contributed by atoms with Crippen molar-refractivity contribution in [3.8, 4) is 0 Å². The van der Waals surface area contributed by atoms with Crippen LogP contribution in [0.3, 0.4) is 0 Å². The maximum Gasteiger partial charge on any atom is 0.335 e. The fourth-order valence-electron chi connectivity index (χ4n) is 2.27. The third-order valence-electron chi connectivity index (χ3n) is 4.30. The number of aliphatic hydroxyl groups excluding tert-OH is 4. The minimum Gasteiger partial charge on any atom is -0.479 e. The number of nitrogens with zero attached hydrogens (tertiary/aromatic N) is 1. The summed E-state index contributed by atoms with van der Waals surface area (Å²) in [5, 5.41) is 74.8. The van der Waals surface area contributed by atoms with Crippen molar-refractivity contribution in [1.29, 1.82) is 5.41 Å². The number of guanidine groups is 2. The van der Waals surface area contributed by atoms with Gasteiger partial charge in [-0.3, -0.25) is 10.4 Å². The Balaban J connectivity index is -0.000000522. The van der Waals surface area contributed by atoms with Crippen molar-refractivity contribution in [2.45, 2.75) is 75.8 Å². The molecule has 4 unspecified atom stereocenters. The first-order valence-corrected chi connectivity index (χ1v) is 11.3. The molecule has 16 N–H and O–H groups in total. The molecule has 0 amide bonds. The molecule has 0 aromatic rings.